The number of aliphatic hydroxyl groups is 1. The first-order valence-electron chi connectivity index (χ1n) is 5.74. The van der Waals surface area contributed by atoms with Crippen LogP contribution in [0, 0.1) is 0 Å². The molecule has 0 aliphatic carbocycles. The second-order valence-electron chi connectivity index (χ2n) is 4.19. The van der Waals surface area contributed by atoms with Crippen LogP contribution in [-0.2, 0) is 12.7 Å². The van der Waals surface area contributed by atoms with Gasteiger partial charge in [0, 0.05) is 12.4 Å². The van der Waals surface area contributed by atoms with Gasteiger partial charge in [-0.3, -0.25) is 4.57 Å². The van der Waals surface area contributed by atoms with E-state index in [1.54, 1.807) is 0 Å². The molecule has 0 amide bonds. The summed E-state index contributed by atoms with van der Waals surface area (Å²) in [6.45, 7) is -0.159. The molecule has 4 nitrogen and oxygen atoms in total. The van der Waals surface area contributed by atoms with Crippen molar-refractivity contribution in [3.05, 3.63) is 64.3 Å². The zero-order valence-corrected chi connectivity index (χ0v) is 10.2. The molecule has 0 saturated carbocycles. The van der Waals surface area contributed by atoms with Crippen LogP contribution < -0.4 is 5.69 Å². The van der Waals surface area contributed by atoms with Crippen molar-refractivity contribution in [3.63, 3.8) is 0 Å². The number of halogens is 3. The molecule has 0 aliphatic heterocycles. The van der Waals surface area contributed by atoms with Crippen LogP contribution >= 0.6 is 0 Å². The molecule has 1 N–H and O–H groups in total. The highest BCUT2D eigenvalue weighted by Gasteiger charge is 2.30. The molecule has 2 rings (SSSR count). The van der Waals surface area contributed by atoms with Gasteiger partial charge in [0.1, 0.15) is 0 Å². The number of nitrogens with zero attached hydrogens (tertiary/aromatic N) is 2. The van der Waals surface area contributed by atoms with Crippen molar-refractivity contribution in [2.45, 2.75) is 18.8 Å². The third kappa shape index (κ3) is 3.24. The van der Waals surface area contributed by atoms with Gasteiger partial charge in [0.15, 0.2) is 0 Å². The Morgan fingerprint density at radius 2 is 2.05 bits per heavy atom. The van der Waals surface area contributed by atoms with Crippen molar-refractivity contribution in [2.24, 2.45) is 0 Å². The second kappa shape index (κ2) is 5.46. The monoisotopic (exact) mass is 284 g/mol. The van der Waals surface area contributed by atoms with E-state index < -0.39 is 23.5 Å². The van der Waals surface area contributed by atoms with E-state index in [9.17, 15) is 23.1 Å². The molecule has 0 fully saturated rings. The Bertz CT molecular complexity index is 652. The molecule has 106 valence electrons. The minimum absolute atomic E-state index is 0.0931. The van der Waals surface area contributed by atoms with Crippen LogP contribution in [-0.4, -0.2) is 14.7 Å². The van der Waals surface area contributed by atoms with Crippen molar-refractivity contribution >= 4 is 0 Å². The fraction of sp³-hybridized carbons (Fsp3) is 0.231. The molecular weight excluding hydrogens is 273 g/mol. The van der Waals surface area contributed by atoms with Crippen molar-refractivity contribution < 1.29 is 18.3 Å². The minimum atomic E-state index is -4.47. The summed E-state index contributed by atoms with van der Waals surface area (Å²) in [6.07, 6.45) is -2.98. The largest absolute Gasteiger partial charge is 0.416 e. The standard InChI is InChI=1S/C13H11F3N2O2/c14-13(15,16)10-4-1-3-9(7-10)11(19)8-18-6-2-5-17-12(18)20/h1-7,11,19H,8H2. The molecule has 0 saturated heterocycles. The van der Waals surface area contributed by atoms with Gasteiger partial charge in [-0.05, 0) is 23.8 Å². The number of aliphatic hydroxyl groups excluding tert-OH is 1. The summed E-state index contributed by atoms with van der Waals surface area (Å²) < 4.78 is 38.9. The average molecular weight is 284 g/mol. The Morgan fingerprint density at radius 1 is 1.30 bits per heavy atom. The van der Waals surface area contributed by atoms with E-state index in [0.29, 0.717) is 0 Å². The summed E-state index contributed by atoms with van der Waals surface area (Å²) >= 11 is 0. The summed E-state index contributed by atoms with van der Waals surface area (Å²) in [6, 6.07) is 5.88. The zero-order valence-electron chi connectivity index (χ0n) is 10.2. The first kappa shape index (κ1) is 14.3. The molecule has 7 heteroatoms. The molecule has 0 spiro atoms. The van der Waals surface area contributed by atoms with Crippen molar-refractivity contribution in [3.8, 4) is 0 Å². The molecule has 2 aromatic rings. The summed E-state index contributed by atoms with van der Waals surface area (Å²) in [5.74, 6) is 0. The smallest absolute Gasteiger partial charge is 0.387 e. The van der Waals surface area contributed by atoms with Gasteiger partial charge in [-0.15, -0.1) is 0 Å². The number of rotatable bonds is 3. The fourth-order valence-electron chi connectivity index (χ4n) is 1.74. The fourth-order valence-corrected chi connectivity index (χ4v) is 1.74. The Morgan fingerprint density at radius 3 is 2.70 bits per heavy atom. The van der Waals surface area contributed by atoms with Gasteiger partial charge >= 0.3 is 11.9 Å². The van der Waals surface area contributed by atoms with Crippen LogP contribution in [0.15, 0.2) is 47.5 Å². The van der Waals surface area contributed by atoms with Gasteiger partial charge in [-0.25, -0.2) is 9.78 Å². The van der Waals surface area contributed by atoms with Crippen LogP contribution in [0.1, 0.15) is 17.2 Å². The van der Waals surface area contributed by atoms with Crippen LogP contribution in [0.5, 0.6) is 0 Å². The van der Waals surface area contributed by atoms with Crippen LogP contribution in [0.3, 0.4) is 0 Å². The molecule has 1 unspecified atom stereocenters. The topological polar surface area (TPSA) is 55.1 Å². The maximum Gasteiger partial charge on any atom is 0.416 e. The number of hydrogen-bond acceptors (Lipinski definition) is 3. The van der Waals surface area contributed by atoms with Gasteiger partial charge < -0.3 is 5.11 Å². The van der Waals surface area contributed by atoms with E-state index in [-0.39, 0.29) is 12.1 Å². The minimum Gasteiger partial charge on any atom is -0.387 e. The maximum absolute atomic E-state index is 12.6. The predicted molar refractivity (Wildman–Crippen MR) is 64.9 cm³/mol. The number of aromatic nitrogens is 2. The highest BCUT2D eigenvalue weighted by molar-refractivity contribution is 5.27. The van der Waals surface area contributed by atoms with Crippen molar-refractivity contribution in [1.29, 1.82) is 0 Å². The number of hydrogen-bond donors (Lipinski definition) is 1. The first-order valence-corrected chi connectivity index (χ1v) is 5.74. The van der Waals surface area contributed by atoms with Gasteiger partial charge in [-0.2, -0.15) is 13.2 Å². The van der Waals surface area contributed by atoms with E-state index in [2.05, 4.69) is 4.98 Å². The third-order valence-electron chi connectivity index (χ3n) is 2.75. The van der Waals surface area contributed by atoms with Crippen LogP contribution in [0.4, 0.5) is 13.2 Å². The summed E-state index contributed by atoms with van der Waals surface area (Å²) in [5, 5.41) is 9.93. The predicted octanol–water partition coefficient (Wildman–Crippen LogP) is 2.00. The Labute approximate surface area is 112 Å². The third-order valence-corrected chi connectivity index (χ3v) is 2.75. The van der Waals surface area contributed by atoms with Gasteiger partial charge in [0.2, 0.25) is 0 Å². The molecule has 1 aromatic carbocycles. The van der Waals surface area contributed by atoms with E-state index in [4.69, 9.17) is 0 Å². The van der Waals surface area contributed by atoms with E-state index in [0.717, 1.165) is 16.7 Å². The summed E-state index contributed by atoms with van der Waals surface area (Å²) in [5.41, 5.74) is -1.32. The molecule has 1 heterocycles. The Kier molecular flexibility index (Phi) is 3.89. The summed E-state index contributed by atoms with van der Waals surface area (Å²) in [7, 11) is 0. The molecule has 0 aliphatic rings. The molecule has 1 aromatic heterocycles. The lowest BCUT2D eigenvalue weighted by Gasteiger charge is -2.14. The van der Waals surface area contributed by atoms with E-state index in [1.807, 2.05) is 0 Å². The molecule has 20 heavy (non-hydrogen) atoms. The average Bonchev–Trinajstić information content (AvgIpc) is 2.40. The maximum atomic E-state index is 12.6. The van der Waals surface area contributed by atoms with Gasteiger partial charge in [0.05, 0.1) is 18.2 Å². The Balaban J connectivity index is 2.24. The molecule has 0 radical (unpaired) electrons. The quantitative estimate of drug-likeness (QED) is 0.938. The van der Waals surface area contributed by atoms with E-state index >= 15 is 0 Å². The van der Waals surface area contributed by atoms with Crippen LogP contribution in [0.2, 0.25) is 0 Å². The van der Waals surface area contributed by atoms with Gasteiger partial charge in [-0.1, -0.05) is 12.1 Å². The lowest BCUT2D eigenvalue weighted by Crippen LogP contribution is -2.24. The lowest BCUT2D eigenvalue weighted by atomic mass is 10.1. The van der Waals surface area contributed by atoms with Crippen molar-refractivity contribution in [1.82, 2.24) is 9.55 Å². The number of alkyl halides is 3. The highest BCUT2D eigenvalue weighted by Crippen LogP contribution is 2.30. The van der Waals surface area contributed by atoms with Crippen LogP contribution in [0.25, 0.3) is 0 Å². The zero-order chi connectivity index (χ0) is 14.8. The molecule has 1 atom stereocenters. The normalized spacial score (nSPS) is 13.2. The van der Waals surface area contributed by atoms with Gasteiger partial charge in [0.25, 0.3) is 0 Å². The number of benzene rings is 1. The second-order valence-corrected chi connectivity index (χ2v) is 4.19. The first-order chi connectivity index (χ1) is 9.38. The highest BCUT2D eigenvalue weighted by atomic mass is 19.4. The van der Waals surface area contributed by atoms with Crippen molar-refractivity contribution in [2.75, 3.05) is 0 Å². The summed E-state index contributed by atoms with van der Waals surface area (Å²) in [4.78, 5) is 14.9. The molecule has 0 bridgehead atoms. The van der Waals surface area contributed by atoms with E-state index in [1.165, 1.54) is 30.6 Å². The SMILES string of the molecule is O=c1ncccn1CC(O)c1cccc(C(F)(F)F)c1. The lowest BCUT2D eigenvalue weighted by molar-refractivity contribution is -0.137. The Hall–Kier alpha value is -2.15. The molecular formula is C13H11F3N2O2.